The monoisotopic (exact) mass is 292 g/mol. The van der Waals surface area contributed by atoms with Crippen LogP contribution in [0.25, 0.3) is 16.7 Å². The molecule has 1 heterocycles. The number of nitrogens with zero attached hydrogens (tertiary/aromatic N) is 3. The number of alkyl halides is 3. The van der Waals surface area contributed by atoms with Gasteiger partial charge in [0.25, 0.3) is 0 Å². The molecule has 0 unspecified atom stereocenters. The number of hydrogen-bond acceptors (Lipinski definition) is 3. The first kappa shape index (κ1) is 13.6. The van der Waals surface area contributed by atoms with Crippen molar-refractivity contribution in [2.45, 2.75) is 12.7 Å². The fourth-order valence-corrected chi connectivity index (χ4v) is 2.20. The second-order valence-corrected chi connectivity index (χ2v) is 4.53. The van der Waals surface area contributed by atoms with Crippen LogP contribution >= 0.6 is 0 Å². The standard InChI is InChI=1S/C14H11F3N4/c15-14(16,17)11-7-10(6-5-9(11)8-18)21-13-4-2-1-3-12(13)19-20-21/h1-7H,8,18H2. The third kappa shape index (κ3) is 2.36. The van der Waals surface area contributed by atoms with E-state index in [0.29, 0.717) is 16.7 Å². The fraction of sp³-hybridized carbons (Fsp3) is 0.143. The van der Waals surface area contributed by atoms with Gasteiger partial charge in [-0.15, -0.1) is 5.10 Å². The molecule has 0 amide bonds. The van der Waals surface area contributed by atoms with Gasteiger partial charge in [-0.25, -0.2) is 4.68 Å². The van der Waals surface area contributed by atoms with Crippen LogP contribution < -0.4 is 5.73 Å². The maximum Gasteiger partial charge on any atom is 0.416 e. The summed E-state index contributed by atoms with van der Waals surface area (Å²) in [6, 6.07) is 11.0. The van der Waals surface area contributed by atoms with Gasteiger partial charge in [0.1, 0.15) is 5.52 Å². The van der Waals surface area contributed by atoms with Crippen LogP contribution in [0.1, 0.15) is 11.1 Å². The molecule has 0 aliphatic rings. The largest absolute Gasteiger partial charge is 0.416 e. The smallest absolute Gasteiger partial charge is 0.326 e. The normalized spacial score (nSPS) is 12.0. The number of hydrogen-bond donors (Lipinski definition) is 1. The van der Waals surface area contributed by atoms with Gasteiger partial charge in [-0.1, -0.05) is 23.4 Å². The zero-order valence-electron chi connectivity index (χ0n) is 10.8. The van der Waals surface area contributed by atoms with Crippen LogP contribution in [0.15, 0.2) is 42.5 Å². The Morgan fingerprint density at radius 1 is 1.10 bits per heavy atom. The molecule has 21 heavy (non-hydrogen) atoms. The molecule has 0 fully saturated rings. The van der Waals surface area contributed by atoms with Crippen LogP contribution in [0.4, 0.5) is 13.2 Å². The number of fused-ring (bicyclic) bond motifs is 1. The number of halogens is 3. The van der Waals surface area contributed by atoms with Gasteiger partial charge in [-0.2, -0.15) is 13.2 Å². The molecule has 0 spiro atoms. The van der Waals surface area contributed by atoms with Crippen molar-refractivity contribution < 1.29 is 13.2 Å². The molecule has 4 nitrogen and oxygen atoms in total. The van der Waals surface area contributed by atoms with Gasteiger partial charge in [-0.05, 0) is 29.8 Å². The lowest BCUT2D eigenvalue weighted by Crippen LogP contribution is -2.13. The highest BCUT2D eigenvalue weighted by Gasteiger charge is 2.33. The lowest BCUT2D eigenvalue weighted by atomic mass is 10.1. The summed E-state index contributed by atoms with van der Waals surface area (Å²) >= 11 is 0. The number of aromatic nitrogens is 3. The molecule has 2 aromatic carbocycles. The molecule has 0 radical (unpaired) electrons. The molecule has 108 valence electrons. The van der Waals surface area contributed by atoms with E-state index in [1.165, 1.54) is 10.7 Å². The summed E-state index contributed by atoms with van der Waals surface area (Å²) in [7, 11) is 0. The van der Waals surface area contributed by atoms with E-state index in [1.54, 1.807) is 30.3 Å². The van der Waals surface area contributed by atoms with E-state index in [1.807, 2.05) is 0 Å². The molecule has 7 heteroatoms. The van der Waals surface area contributed by atoms with Crippen molar-refractivity contribution >= 4 is 11.0 Å². The van der Waals surface area contributed by atoms with E-state index in [2.05, 4.69) is 10.3 Å². The molecule has 0 saturated heterocycles. The Bertz CT molecular complexity index is 792. The highest BCUT2D eigenvalue weighted by Crippen LogP contribution is 2.33. The van der Waals surface area contributed by atoms with Crippen molar-refractivity contribution in [1.82, 2.24) is 15.0 Å². The average Bonchev–Trinajstić information content (AvgIpc) is 2.89. The minimum absolute atomic E-state index is 0.0515. The summed E-state index contributed by atoms with van der Waals surface area (Å²) < 4.78 is 40.6. The van der Waals surface area contributed by atoms with Crippen LogP contribution in [0.3, 0.4) is 0 Å². The lowest BCUT2D eigenvalue weighted by Gasteiger charge is -2.13. The second kappa shape index (κ2) is 4.85. The summed E-state index contributed by atoms with van der Waals surface area (Å²) in [6.45, 7) is -0.173. The van der Waals surface area contributed by atoms with Crippen LogP contribution in [0, 0.1) is 0 Å². The van der Waals surface area contributed by atoms with E-state index in [-0.39, 0.29) is 12.1 Å². The van der Waals surface area contributed by atoms with Crippen molar-refractivity contribution in [2.75, 3.05) is 0 Å². The number of benzene rings is 2. The molecule has 3 aromatic rings. The third-order valence-electron chi connectivity index (χ3n) is 3.22. The molecule has 0 aliphatic carbocycles. The van der Waals surface area contributed by atoms with Gasteiger partial charge in [-0.3, -0.25) is 0 Å². The van der Waals surface area contributed by atoms with E-state index < -0.39 is 11.7 Å². The van der Waals surface area contributed by atoms with Crippen molar-refractivity contribution in [1.29, 1.82) is 0 Å². The van der Waals surface area contributed by atoms with Gasteiger partial charge in [0.2, 0.25) is 0 Å². The molecular weight excluding hydrogens is 281 g/mol. The first-order valence-corrected chi connectivity index (χ1v) is 6.21. The summed E-state index contributed by atoms with van der Waals surface area (Å²) in [4.78, 5) is 0. The Morgan fingerprint density at radius 3 is 2.57 bits per heavy atom. The summed E-state index contributed by atoms with van der Waals surface area (Å²) in [6.07, 6.45) is -4.46. The first-order valence-electron chi connectivity index (χ1n) is 6.21. The number of nitrogens with two attached hydrogens (primary N) is 1. The van der Waals surface area contributed by atoms with E-state index in [4.69, 9.17) is 5.73 Å². The zero-order chi connectivity index (χ0) is 15.0. The zero-order valence-corrected chi connectivity index (χ0v) is 10.8. The second-order valence-electron chi connectivity index (χ2n) is 4.53. The van der Waals surface area contributed by atoms with Gasteiger partial charge in [0.15, 0.2) is 0 Å². The molecule has 1 aromatic heterocycles. The van der Waals surface area contributed by atoms with Crippen LogP contribution in [0.2, 0.25) is 0 Å². The Morgan fingerprint density at radius 2 is 1.86 bits per heavy atom. The molecule has 2 N–H and O–H groups in total. The number of rotatable bonds is 2. The Kier molecular flexibility index (Phi) is 3.13. The highest BCUT2D eigenvalue weighted by atomic mass is 19.4. The predicted molar refractivity (Wildman–Crippen MR) is 71.8 cm³/mol. The van der Waals surface area contributed by atoms with Crippen LogP contribution in [-0.4, -0.2) is 15.0 Å². The molecule has 0 aliphatic heterocycles. The molecule has 0 atom stereocenters. The minimum Gasteiger partial charge on any atom is -0.326 e. The number of para-hydroxylation sites is 1. The van der Waals surface area contributed by atoms with E-state index in [9.17, 15) is 13.2 Å². The van der Waals surface area contributed by atoms with Crippen LogP contribution in [0.5, 0.6) is 0 Å². The molecular formula is C14H11F3N4. The average molecular weight is 292 g/mol. The van der Waals surface area contributed by atoms with E-state index in [0.717, 1.165) is 6.07 Å². The maximum absolute atomic E-state index is 13.1. The molecule has 3 rings (SSSR count). The summed E-state index contributed by atoms with van der Waals surface area (Å²) in [5, 5.41) is 7.85. The minimum atomic E-state index is -4.46. The molecule has 0 bridgehead atoms. The lowest BCUT2D eigenvalue weighted by molar-refractivity contribution is -0.138. The van der Waals surface area contributed by atoms with Gasteiger partial charge in [0, 0.05) is 6.54 Å². The highest BCUT2D eigenvalue weighted by molar-refractivity contribution is 5.75. The van der Waals surface area contributed by atoms with Crippen LogP contribution in [-0.2, 0) is 12.7 Å². The topological polar surface area (TPSA) is 56.7 Å². The van der Waals surface area contributed by atoms with Crippen molar-refractivity contribution in [3.8, 4) is 5.69 Å². The Hall–Kier alpha value is -2.41. The van der Waals surface area contributed by atoms with Crippen molar-refractivity contribution in [2.24, 2.45) is 5.73 Å². The summed E-state index contributed by atoms with van der Waals surface area (Å²) in [5.41, 5.74) is 6.24. The first-order chi connectivity index (χ1) is 10.0. The summed E-state index contributed by atoms with van der Waals surface area (Å²) in [5.74, 6) is 0. The Labute approximate surface area is 118 Å². The quantitative estimate of drug-likeness (QED) is 0.790. The van der Waals surface area contributed by atoms with Crippen molar-refractivity contribution in [3.63, 3.8) is 0 Å². The predicted octanol–water partition coefficient (Wildman–Crippen LogP) is 2.90. The fourth-order valence-electron chi connectivity index (χ4n) is 2.20. The van der Waals surface area contributed by atoms with Gasteiger partial charge < -0.3 is 5.73 Å². The maximum atomic E-state index is 13.1. The third-order valence-corrected chi connectivity index (χ3v) is 3.22. The SMILES string of the molecule is NCc1ccc(-n2nnc3ccccc32)cc1C(F)(F)F. The van der Waals surface area contributed by atoms with Gasteiger partial charge >= 0.3 is 6.18 Å². The molecule has 0 saturated carbocycles. The van der Waals surface area contributed by atoms with E-state index >= 15 is 0 Å². The Balaban J connectivity index is 2.19. The van der Waals surface area contributed by atoms with Crippen molar-refractivity contribution in [3.05, 3.63) is 53.6 Å². The van der Waals surface area contributed by atoms with Gasteiger partial charge in [0.05, 0.1) is 16.8 Å².